The van der Waals surface area contributed by atoms with E-state index in [9.17, 15) is 56.5 Å². The lowest BCUT2D eigenvalue weighted by atomic mass is 10.0. The standard InChI is InChI=1S/C33H47F2N8O13P/c1-17(39-29(50)21(36)8-13-27(47)48)28(49)40-22(9-11-25(37)45)30(51)42-24(15-18-4-6-19(7-5-18)33(34,35)57(54,55)56)31(52)41-23(10-12-26(38)46)32(53)43-14-2-3-20(43)16-44/h4-7,16-17,20-24H,2-3,8-15,36H2,1H3,(H2,37,45)(H2,38,46)(H,39,50)(H,40,49)(H,41,52)(H,42,51)(H,47,48)(H2,54,55,56)/t17-,20-,21-,22-,23-,24-/m0/s1. The monoisotopic (exact) mass is 832 g/mol. The summed E-state index contributed by atoms with van der Waals surface area (Å²) in [5.74, 6) is -7.81. The number of nitrogens with zero attached hydrogens (tertiary/aromatic N) is 1. The Kier molecular flexibility index (Phi) is 17.8. The number of halogens is 2. The third-order valence-corrected chi connectivity index (χ3v) is 9.83. The van der Waals surface area contributed by atoms with Gasteiger partial charge in [0.1, 0.15) is 30.5 Å². The smallest absolute Gasteiger partial charge is 0.399 e. The van der Waals surface area contributed by atoms with E-state index in [2.05, 4.69) is 21.3 Å². The minimum atomic E-state index is -5.95. The maximum absolute atomic E-state index is 14.3. The summed E-state index contributed by atoms with van der Waals surface area (Å²) >= 11 is 0. The molecule has 0 bridgehead atoms. The van der Waals surface area contributed by atoms with Crippen LogP contribution in [0.15, 0.2) is 24.3 Å². The van der Waals surface area contributed by atoms with Gasteiger partial charge in [-0.15, -0.1) is 0 Å². The van der Waals surface area contributed by atoms with Crippen LogP contribution in [0.25, 0.3) is 0 Å². The van der Waals surface area contributed by atoms with Crippen molar-refractivity contribution >= 4 is 61.2 Å². The molecule has 0 spiro atoms. The molecule has 0 saturated carbocycles. The molecule has 1 heterocycles. The van der Waals surface area contributed by atoms with Crippen molar-refractivity contribution in [2.45, 2.75) is 107 Å². The Morgan fingerprint density at radius 2 is 1.37 bits per heavy atom. The van der Waals surface area contributed by atoms with Crippen LogP contribution in [-0.4, -0.2) is 116 Å². The molecule has 24 heteroatoms. The maximum atomic E-state index is 14.3. The number of likely N-dealkylation sites (tertiary alicyclic amines) is 1. The van der Waals surface area contributed by atoms with Gasteiger partial charge in [0.25, 0.3) is 0 Å². The molecule has 0 aromatic heterocycles. The second-order valence-corrected chi connectivity index (χ2v) is 15.0. The molecule has 1 aromatic rings. The first-order valence-electron chi connectivity index (χ1n) is 17.5. The number of benzene rings is 1. The number of aldehydes is 1. The SMILES string of the molecule is C[C@H](NC(=O)[C@@H](N)CCC(=O)O)C(=O)N[C@@H](CCC(N)=O)C(=O)N[C@@H](Cc1ccc(C(F)(F)P(=O)(O)O)cc1)C(=O)N[C@@H](CCC(N)=O)C(=O)N1CCC[C@H]1C=O. The van der Waals surface area contributed by atoms with Crippen LogP contribution in [0.2, 0.25) is 0 Å². The molecule has 2 rings (SSSR count). The summed E-state index contributed by atoms with van der Waals surface area (Å²) in [4.78, 5) is 132. The first-order valence-corrected chi connectivity index (χ1v) is 19.1. The number of carbonyl (C=O) groups is 9. The largest absolute Gasteiger partial charge is 0.481 e. The fourth-order valence-corrected chi connectivity index (χ4v) is 6.08. The summed E-state index contributed by atoms with van der Waals surface area (Å²) in [5.41, 5.74) is 10.6. The predicted octanol–water partition coefficient (Wildman–Crippen LogP) is -2.67. The van der Waals surface area contributed by atoms with Crippen LogP contribution in [0, 0.1) is 0 Å². The van der Waals surface area contributed by atoms with E-state index in [1.165, 1.54) is 11.8 Å². The van der Waals surface area contributed by atoms with Crippen molar-refractivity contribution in [3.63, 3.8) is 0 Å². The second-order valence-electron chi connectivity index (χ2n) is 13.3. The van der Waals surface area contributed by atoms with Crippen molar-refractivity contribution in [3.05, 3.63) is 35.4 Å². The lowest BCUT2D eigenvalue weighted by Crippen LogP contribution is -2.59. The molecule has 316 valence electrons. The summed E-state index contributed by atoms with van der Waals surface area (Å²) in [6.07, 6.45) is -1.58. The average molecular weight is 833 g/mol. The zero-order valence-corrected chi connectivity index (χ0v) is 31.6. The van der Waals surface area contributed by atoms with Gasteiger partial charge in [0, 0.05) is 37.8 Å². The Morgan fingerprint density at radius 1 is 0.842 bits per heavy atom. The van der Waals surface area contributed by atoms with Gasteiger partial charge in [-0.25, -0.2) is 0 Å². The van der Waals surface area contributed by atoms with Crippen molar-refractivity contribution in [1.82, 2.24) is 26.2 Å². The van der Waals surface area contributed by atoms with Crippen LogP contribution in [0.1, 0.15) is 69.4 Å². The summed E-state index contributed by atoms with van der Waals surface area (Å²) < 4.78 is 40.1. The zero-order chi connectivity index (χ0) is 43.2. The van der Waals surface area contributed by atoms with Gasteiger partial charge in [0.05, 0.1) is 12.1 Å². The highest BCUT2D eigenvalue weighted by molar-refractivity contribution is 7.52. The van der Waals surface area contributed by atoms with Gasteiger partial charge in [-0.2, -0.15) is 8.78 Å². The quantitative estimate of drug-likeness (QED) is 0.0397. The number of alkyl halides is 2. The molecule has 1 saturated heterocycles. The van der Waals surface area contributed by atoms with Crippen LogP contribution in [0.4, 0.5) is 8.78 Å². The maximum Gasteiger partial charge on any atom is 0.399 e. The van der Waals surface area contributed by atoms with Crippen molar-refractivity contribution in [2.75, 3.05) is 6.54 Å². The first kappa shape index (κ1) is 47.8. The molecule has 13 N–H and O–H groups in total. The summed E-state index contributed by atoms with van der Waals surface area (Å²) in [6.45, 7) is 1.35. The Balaban J connectivity index is 2.45. The third-order valence-electron chi connectivity index (χ3n) is 8.84. The van der Waals surface area contributed by atoms with Crippen molar-refractivity contribution in [2.24, 2.45) is 17.2 Å². The lowest BCUT2D eigenvalue weighted by Gasteiger charge is -2.29. The van der Waals surface area contributed by atoms with Gasteiger partial charge < -0.3 is 63.1 Å². The average Bonchev–Trinajstić information content (AvgIpc) is 3.61. The van der Waals surface area contributed by atoms with Gasteiger partial charge in [-0.05, 0) is 44.6 Å². The predicted molar refractivity (Wildman–Crippen MR) is 192 cm³/mol. The molecule has 57 heavy (non-hydrogen) atoms. The van der Waals surface area contributed by atoms with Crippen LogP contribution in [-0.2, 0) is 59.8 Å². The van der Waals surface area contributed by atoms with Crippen LogP contribution >= 0.6 is 7.60 Å². The molecule has 1 fully saturated rings. The van der Waals surface area contributed by atoms with E-state index in [1.54, 1.807) is 0 Å². The van der Waals surface area contributed by atoms with Gasteiger partial charge >= 0.3 is 19.2 Å². The third kappa shape index (κ3) is 14.6. The number of aliphatic carboxylic acids is 1. The van der Waals surface area contributed by atoms with Crippen molar-refractivity contribution in [3.8, 4) is 0 Å². The number of hydrogen-bond acceptors (Lipinski definition) is 11. The molecule has 6 atom stereocenters. The summed E-state index contributed by atoms with van der Waals surface area (Å²) in [7, 11) is -5.95. The molecule has 1 aliphatic heterocycles. The molecular weight excluding hydrogens is 785 g/mol. The van der Waals surface area contributed by atoms with Crippen LogP contribution in [0.3, 0.4) is 0 Å². The summed E-state index contributed by atoms with van der Waals surface area (Å²) in [5, 5.41) is 18.2. The number of nitrogens with two attached hydrogens (primary N) is 3. The highest BCUT2D eigenvalue weighted by Crippen LogP contribution is 2.59. The highest BCUT2D eigenvalue weighted by Gasteiger charge is 2.50. The Hall–Kier alpha value is -5.38. The van der Waals surface area contributed by atoms with E-state index < -0.39 is 134 Å². The molecule has 0 radical (unpaired) electrons. The fourth-order valence-electron chi connectivity index (χ4n) is 5.60. The zero-order valence-electron chi connectivity index (χ0n) is 30.7. The van der Waals surface area contributed by atoms with E-state index in [4.69, 9.17) is 32.1 Å². The van der Waals surface area contributed by atoms with Gasteiger partial charge in [0.2, 0.25) is 41.4 Å². The molecular formula is C33H47F2N8O13P. The van der Waals surface area contributed by atoms with Gasteiger partial charge in [-0.3, -0.25) is 42.9 Å². The first-order chi connectivity index (χ1) is 26.5. The molecule has 0 aliphatic carbocycles. The molecule has 1 aromatic carbocycles. The van der Waals surface area contributed by atoms with E-state index in [0.717, 1.165) is 12.1 Å². The lowest BCUT2D eigenvalue weighted by molar-refractivity contribution is -0.140. The Bertz CT molecular complexity index is 1730. The fraction of sp³-hybridized carbons (Fsp3) is 0.545. The molecule has 21 nitrogen and oxygen atoms in total. The topological polar surface area (TPSA) is 361 Å². The Morgan fingerprint density at radius 3 is 1.89 bits per heavy atom. The molecule has 7 amide bonds. The van der Waals surface area contributed by atoms with Crippen LogP contribution in [0.5, 0.6) is 0 Å². The number of carboxylic acids is 1. The molecule has 0 unspecified atom stereocenters. The van der Waals surface area contributed by atoms with Crippen LogP contribution < -0.4 is 38.5 Å². The minimum Gasteiger partial charge on any atom is -0.481 e. The van der Waals surface area contributed by atoms with Crippen molar-refractivity contribution in [1.29, 1.82) is 0 Å². The number of carbonyl (C=O) groups excluding carboxylic acids is 8. The number of hydrogen-bond donors (Lipinski definition) is 10. The number of rotatable bonds is 23. The number of carboxylic acid groups (broad SMARTS) is 1. The minimum absolute atomic E-state index is 0.0366. The highest BCUT2D eigenvalue weighted by atomic mass is 31.2. The van der Waals surface area contributed by atoms with Gasteiger partial charge in [-0.1, -0.05) is 24.3 Å². The van der Waals surface area contributed by atoms with E-state index in [0.29, 0.717) is 31.3 Å². The van der Waals surface area contributed by atoms with Crippen molar-refractivity contribution < 1.29 is 71.4 Å². The van der Waals surface area contributed by atoms with E-state index in [-0.39, 0.29) is 24.9 Å². The van der Waals surface area contributed by atoms with E-state index in [1.807, 2.05) is 0 Å². The van der Waals surface area contributed by atoms with E-state index >= 15 is 0 Å². The summed E-state index contributed by atoms with van der Waals surface area (Å²) in [6, 6.07) is -5.00. The Labute approximate surface area is 324 Å². The second kappa shape index (κ2) is 21.2. The number of primary amides is 2. The number of nitrogens with one attached hydrogen (secondary N) is 4. The van der Waals surface area contributed by atoms with Gasteiger partial charge in [0.15, 0.2) is 0 Å². The molecule has 1 aliphatic rings. The number of amides is 7. The normalized spacial score (nSPS) is 16.9.